The van der Waals surface area contributed by atoms with Crippen molar-refractivity contribution < 1.29 is 9.53 Å². The second-order valence-electron chi connectivity index (χ2n) is 5.05. The summed E-state index contributed by atoms with van der Waals surface area (Å²) >= 11 is 0. The Labute approximate surface area is 118 Å². The lowest BCUT2D eigenvalue weighted by Crippen LogP contribution is -2.21. The summed E-state index contributed by atoms with van der Waals surface area (Å²) in [5, 5.41) is 0. The highest BCUT2D eigenvalue weighted by atomic mass is 16.5. The molecule has 1 aromatic heterocycles. The second-order valence-corrected chi connectivity index (χ2v) is 5.05. The molecule has 3 rings (SSSR count). The number of pyridine rings is 1. The number of aromatic nitrogens is 1. The van der Waals surface area contributed by atoms with Gasteiger partial charge in [-0.05, 0) is 24.1 Å². The molecule has 1 aliphatic rings. The second kappa shape index (κ2) is 5.08. The van der Waals surface area contributed by atoms with Crippen molar-refractivity contribution in [3.05, 3.63) is 53.7 Å². The van der Waals surface area contributed by atoms with Gasteiger partial charge < -0.3 is 4.74 Å². The first-order chi connectivity index (χ1) is 9.74. The van der Waals surface area contributed by atoms with E-state index in [2.05, 4.69) is 23.2 Å². The minimum atomic E-state index is -0.207. The largest absolute Gasteiger partial charge is 0.466 e. The highest BCUT2D eigenvalue weighted by Gasteiger charge is 2.36. The van der Waals surface area contributed by atoms with Crippen molar-refractivity contribution in [3.63, 3.8) is 0 Å². The summed E-state index contributed by atoms with van der Waals surface area (Å²) in [6.07, 6.45) is 1.80. The molecule has 0 aliphatic heterocycles. The van der Waals surface area contributed by atoms with E-state index in [1.165, 1.54) is 5.56 Å². The van der Waals surface area contributed by atoms with E-state index in [4.69, 9.17) is 4.74 Å². The lowest BCUT2D eigenvalue weighted by molar-refractivity contribution is -0.147. The summed E-state index contributed by atoms with van der Waals surface area (Å²) in [5.74, 6) is -0.320. The van der Waals surface area contributed by atoms with E-state index < -0.39 is 0 Å². The number of fused-ring (bicyclic) bond motifs is 3. The zero-order chi connectivity index (χ0) is 14.1. The number of benzene rings is 1. The van der Waals surface area contributed by atoms with Crippen LogP contribution in [0.4, 0.5) is 0 Å². The van der Waals surface area contributed by atoms with Crippen molar-refractivity contribution in [2.75, 3.05) is 6.61 Å². The highest BCUT2D eigenvalue weighted by Crippen LogP contribution is 2.47. The Morgan fingerprint density at radius 2 is 2.00 bits per heavy atom. The van der Waals surface area contributed by atoms with Crippen LogP contribution >= 0.6 is 0 Å². The summed E-state index contributed by atoms with van der Waals surface area (Å²) in [6.45, 7) is 4.18. The number of hydrogen-bond donors (Lipinski definition) is 0. The SMILES string of the molecule is CCOC(=O)C(C)C1c2ccccc2-c2ncccc21. The Morgan fingerprint density at radius 1 is 1.25 bits per heavy atom. The molecule has 3 nitrogen and oxygen atoms in total. The van der Waals surface area contributed by atoms with E-state index in [0.717, 1.165) is 16.8 Å². The number of carbonyl (C=O) groups excluding carboxylic acids is 1. The van der Waals surface area contributed by atoms with Crippen LogP contribution in [0.25, 0.3) is 11.3 Å². The van der Waals surface area contributed by atoms with Gasteiger partial charge in [0.05, 0.1) is 18.2 Å². The third-order valence-corrected chi connectivity index (χ3v) is 3.88. The third kappa shape index (κ3) is 1.90. The molecule has 2 unspecified atom stereocenters. The highest BCUT2D eigenvalue weighted by molar-refractivity contribution is 5.81. The minimum absolute atomic E-state index is 0.0361. The van der Waals surface area contributed by atoms with Crippen LogP contribution in [-0.4, -0.2) is 17.6 Å². The van der Waals surface area contributed by atoms with Gasteiger partial charge in [0.25, 0.3) is 0 Å². The first-order valence-corrected chi connectivity index (χ1v) is 6.95. The molecule has 20 heavy (non-hydrogen) atoms. The summed E-state index contributed by atoms with van der Waals surface area (Å²) in [5.41, 5.74) is 4.41. The van der Waals surface area contributed by atoms with E-state index in [0.29, 0.717) is 6.61 Å². The molecule has 0 amide bonds. The summed E-state index contributed by atoms with van der Waals surface area (Å²) in [4.78, 5) is 16.6. The smallest absolute Gasteiger partial charge is 0.309 e. The van der Waals surface area contributed by atoms with Crippen molar-refractivity contribution in [1.29, 1.82) is 0 Å². The molecule has 2 atom stereocenters. The molecule has 0 saturated carbocycles. The average Bonchev–Trinajstić information content (AvgIpc) is 2.81. The van der Waals surface area contributed by atoms with Crippen molar-refractivity contribution in [2.45, 2.75) is 19.8 Å². The molecule has 0 saturated heterocycles. The van der Waals surface area contributed by atoms with Crippen LogP contribution in [0.1, 0.15) is 30.9 Å². The number of ether oxygens (including phenoxy) is 1. The third-order valence-electron chi connectivity index (χ3n) is 3.88. The van der Waals surface area contributed by atoms with Gasteiger partial charge in [-0.1, -0.05) is 37.3 Å². The topological polar surface area (TPSA) is 39.2 Å². The molecule has 1 heterocycles. The van der Waals surface area contributed by atoms with Crippen molar-refractivity contribution in [3.8, 4) is 11.3 Å². The molecule has 0 bridgehead atoms. The lowest BCUT2D eigenvalue weighted by Gasteiger charge is -2.19. The summed E-state index contributed by atoms with van der Waals surface area (Å²) in [6, 6.07) is 12.2. The fourth-order valence-corrected chi connectivity index (χ4v) is 2.99. The van der Waals surface area contributed by atoms with Crippen molar-refractivity contribution in [1.82, 2.24) is 4.98 Å². The predicted octanol–water partition coefficient (Wildman–Crippen LogP) is 3.39. The van der Waals surface area contributed by atoms with E-state index >= 15 is 0 Å². The number of nitrogens with zero attached hydrogens (tertiary/aromatic N) is 1. The Hall–Kier alpha value is -2.16. The number of rotatable bonds is 3. The van der Waals surface area contributed by atoms with Gasteiger partial charge in [0.1, 0.15) is 0 Å². The number of hydrogen-bond acceptors (Lipinski definition) is 3. The van der Waals surface area contributed by atoms with Gasteiger partial charge >= 0.3 is 5.97 Å². The van der Waals surface area contributed by atoms with Gasteiger partial charge in [-0.3, -0.25) is 9.78 Å². The standard InChI is InChI=1S/C17H17NO2/c1-3-20-17(19)11(2)15-12-7-4-5-8-13(12)16-14(15)9-6-10-18-16/h4-11,15H,3H2,1-2H3. The molecule has 0 radical (unpaired) electrons. The fraction of sp³-hybridized carbons (Fsp3) is 0.294. The first kappa shape index (κ1) is 12.9. The van der Waals surface area contributed by atoms with E-state index in [9.17, 15) is 4.79 Å². The number of carbonyl (C=O) groups is 1. The fourth-order valence-electron chi connectivity index (χ4n) is 2.99. The van der Waals surface area contributed by atoms with Crippen LogP contribution in [0.3, 0.4) is 0 Å². The van der Waals surface area contributed by atoms with Crippen LogP contribution in [0.5, 0.6) is 0 Å². The molecule has 0 spiro atoms. The van der Waals surface area contributed by atoms with Gasteiger partial charge in [-0.2, -0.15) is 0 Å². The molecule has 102 valence electrons. The van der Waals surface area contributed by atoms with Gasteiger partial charge in [0.2, 0.25) is 0 Å². The van der Waals surface area contributed by atoms with Crippen LogP contribution in [0.15, 0.2) is 42.6 Å². The average molecular weight is 267 g/mol. The van der Waals surface area contributed by atoms with E-state index in [1.807, 2.05) is 32.0 Å². The number of esters is 1. The molecule has 1 aromatic carbocycles. The van der Waals surface area contributed by atoms with Gasteiger partial charge in [0.15, 0.2) is 0 Å². The molecule has 0 fully saturated rings. The van der Waals surface area contributed by atoms with E-state index in [-0.39, 0.29) is 17.8 Å². The maximum atomic E-state index is 12.1. The zero-order valence-corrected chi connectivity index (χ0v) is 11.7. The maximum absolute atomic E-state index is 12.1. The molecule has 2 aromatic rings. The lowest BCUT2D eigenvalue weighted by atomic mass is 9.85. The first-order valence-electron chi connectivity index (χ1n) is 6.95. The Bertz CT molecular complexity index is 605. The molecule has 3 heteroatoms. The molecular formula is C17H17NO2. The predicted molar refractivity (Wildman–Crippen MR) is 77.3 cm³/mol. The quantitative estimate of drug-likeness (QED) is 0.800. The van der Waals surface area contributed by atoms with Crippen LogP contribution in [-0.2, 0) is 9.53 Å². The van der Waals surface area contributed by atoms with Crippen LogP contribution < -0.4 is 0 Å². The van der Waals surface area contributed by atoms with E-state index in [1.54, 1.807) is 6.20 Å². The Kier molecular flexibility index (Phi) is 3.26. The van der Waals surface area contributed by atoms with Gasteiger partial charge in [-0.15, -0.1) is 0 Å². The van der Waals surface area contributed by atoms with Crippen molar-refractivity contribution >= 4 is 5.97 Å². The van der Waals surface area contributed by atoms with Crippen LogP contribution in [0.2, 0.25) is 0 Å². The molecule has 1 aliphatic carbocycles. The Balaban J connectivity index is 2.09. The van der Waals surface area contributed by atoms with Gasteiger partial charge in [-0.25, -0.2) is 0 Å². The maximum Gasteiger partial charge on any atom is 0.309 e. The Morgan fingerprint density at radius 3 is 2.80 bits per heavy atom. The normalized spacial score (nSPS) is 17.2. The monoisotopic (exact) mass is 267 g/mol. The van der Waals surface area contributed by atoms with Crippen LogP contribution in [0, 0.1) is 5.92 Å². The zero-order valence-electron chi connectivity index (χ0n) is 11.7. The minimum Gasteiger partial charge on any atom is -0.466 e. The molecule has 0 N–H and O–H groups in total. The van der Waals surface area contributed by atoms with Gasteiger partial charge in [0, 0.05) is 17.7 Å². The summed E-state index contributed by atoms with van der Waals surface area (Å²) in [7, 11) is 0. The van der Waals surface area contributed by atoms with Crippen molar-refractivity contribution in [2.24, 2.45) is 5.92 Å². The summed E-state index contributed by atoms with van der Waals surface area (Å²) < 4.78 is 5.19. The molecular weight excluding hydrogens is 250 g/mol.